The lowest BCUT2D eigenvalue weighted by atomic mass is 10.0. The Morgan fingerprint density at radius 2 is 2.04 bits per heavy atom. The maximum atomic E-state index is 5.87. The van der Waals surface area contributed by atoms with E-state index in [1.807, 2.05) is 25.0 Å². The molecule has 0 bridgehead atoms. The van der Waals surface area contributed by atoms with E-state index in [1.54, 1.807) is 0 Å². The average molecular weight is 483 g/mol. The fourth-order valence-electron chi connectivity index (χ4n) is 3.56. The number of guanidine groups is 1. The summed E-state index contributed by atoms with van der Waals surface area (Å²) in [6.45, 7) is 7.51. The van der Waals surface area contributed by atoms with Gasteiger partial charge >= 0.3 is 0 Å². The van der Waals surface area contributed by atoms with Gasteiger partial charge in [0.1, 0.15) is 12.4 Å². The maximum Gasteiger partial charge on any atom is 0.193 e. The number of ether oxygens (including phenoxy) is 1. The number of aromatic nitrogens is 2. The smallest absolute Gasteiger partial charge is 0.193 e. The second-order valence-electron chi connectivity index (χ2n) is 7.02. The van der Waals surface area contributed by atoms with Crippen molar-refractivity contribution in [3.63, 3.8) is 0 Å². The first-order chi connectivity index (χ1) is 12.5. The SMILES string of the molecule is CN=C(NCCOc1cc(C)cc(C)c1)N1CCC(c2cnn(C)c2)C1.I. The zero-order chi connectivity index (χ0) is 18.5. The van der Waals surface area contributed by atoms with Crippen LogP contribution in [0.1, 0.15) is 29.0 Å². The number of nitrogens with zero attached hydrogens (tertiary/aromatic N) is 4. The monoisotopic (exact) mass is 483 g/mol. The molecule has 7 heteroatoms. The molecule has 1 aromatic heterocycles. The summed E-state index contributed by atoms with van der Waals surface area (Å²) in [5, 5.41) is 7.71. The summed E-state index contributed by atoms with van der Waals surface area (Å²) >= 11 is 0. The minimum Gasteiger partial charge on any atom is -0.492 e. The highest BCUT2D eigenvalue weighted by molar-refractivity contribution is 14.0. The molecular weight excluding hydrogens is 453 g/mol. The Bertz CT molecular complexity index is 753. The Hall–Kier alpha value is -1.77. The van der Waals surface area contributed by atoms with Crippen LogP contribution in [-0.4, -0.2) is 53.9 Å². The van der Waals surface area contributed by atoms with Crippen molar-refractivity contribution in [1.82, 2.24) is 20.0 Å². The van der Waals surface area contributed by atoms with Gasteiger partial charge in [0.05, 0.1) is 12.7 Å². The van der Waals surface area contributed by atoms with Crippen LogP contribution in [0.25, 0.3) is 0 Å². The van der Waals surface area contributed by atoms with Crippen molar-refractivity contribution in [1.29, 1.82) is 0 Å². The van der Waals surface area contributed by atoms with Crippen LogP contribution in [0.5, 0.6) is 5.75 Å². The second-order valence-corrected chi connectivity index (χ2v) is 7.02. The Labute approximate surface area is 179 Å². The summed E-state index contributed by atoms with van der Waals surface area (Å²) in [5.74, 6) is 2.39. The van der Waals surface area contributed by atoms with Crippen LogP contribution in [0.15, 0.2) is 35.6 Å². The number of aryl methyl sites for hydroxylation is 3. The summed E-state index contributed by atoms with van der Waals surface area (Å²) in [5.41, 5.74) is 3.76. The van der Waals surface area contributed by atoms with Crippen LogP contribution < -0.4 is 10.1 Å². The largest absolute Gasteiger partial charge is 0.492 e. The normalized spacial score (nSPS) is 17.0. The third kappa shape index (κ3) is 5.85. The third-order valence-corrected chi connectivity index (χ3v) is 4.74. The Morgan fingerprint density at radius 3 is 2.67 bits per heavy atom. The first kappa shape index (κ1) is 21.5. The van der Waals surface area contributed by atoms with Crippen molar-refractivity contribution < 1.29 is 4.74 Å². The predicted octanol–water partition coefficient (Wildman–Crippen LogP) is 3.10. The van der Waals surface area contributed by atoms with E-state index in [2.05, 4.69) is 58.6 Å². The Morgan fingerprint density at radius 1 is 1.30 bits per heavy atom. The topological polar surface area (TPSA) is 54.7 Å². The Kier molecular flexibility index (Phi) is 7.94. The zero-order valence-electron chi connectivity index (χ0n) is 16.6. The molecule has 3 rings (SSSR count). The molecule has 1 N–H and O–H groups in total. The summed E-state index contributed by atoms with van der Waals surface area (Å²) in [4.78, 5) is 6.75. The molecule has 1 aromatic carbocycles. The van der Waals surface area contributed by atoms with E-state index in [9.17, 15) is 0 Å². The molecule has 1 saturated heterocycles. The van der Waals surface area contributed by atoms with Crippen LogP contribution in [0.4, 0.5) is 0 Å². The first-order valence-electron chi connectivity index (χ1n) is 9.20. The summed E-state index contributed by atoms with van der Waals surface area (Å²) in [6.07, 6.45) is 5.22. The van der Waals surface area contributed by atoms with Gasteiger partial charge in [0.25, 0.3) is 0 Å². The molecule has 1 fully saturated rings. The van der Waals surface area contributed by atoms with Crippen molar-refractivity contribution >= 4 is 29.9 Å². The van der Waals surface area contributed by atoms with Crippen LogP contribution in [-0.2, 0) is 7.05 Å². The van der Waals surface area contributed by atoms with E-state index in [-0.39, 0.29) is 24.0 Å². The van der Waals surface area contributed by atoms with E-state index >= 15 is 0 Å². The molecule has 0 saturated carbocycles. The molecule has 6 nitrogen and oxygen atoms in total. The van der Waals surface area contributed by atoms with E-state index < -0.39 is 0 Å². The molecule has 1 unspecified atom stereocenters. The molecule has 1 aliphatic heterocycles. The molecule has 2 aromatic rings. The van der Waals surface area contributed by atoms with Crippen LogP contribution in [0.3, 0.4) is 0 Å². The van der Waals surface area contributed by atoms with E-state index in [1.165, 1.54) is 16.7 Å². The lowest BCUT2D eigenvalue weighted by molar-refractivity contribution is 0.319. The minimum atomic E-state index is 0. The average Bonchev–Trinajstić information content (AvgIpc) is 3.23. The first-order valence-corrected chi connectivity index (χ1v) is 9.20. The number of rotatable bonds is 5. The molecule has 2 heterocycles. The van der Waals surface area contributed by atoms with Gasteiger partial charge in [-0.1, -0.05) is 6.07 Å². The minimum absolute atomic E-state index is 0. The fourth-order valence-corrected chi connectivity index (χ4v) is 3.56. The maximum absolute atomic E-state index is 5.87. The van der Waals surface area contributed by atoms with Crippen molar-refractivity contribution in [2.75, 3.05) is 33.3 Å². The molecule has 0 aliphatic carbocycles. The molecule has 0 spiro atoms. The van der Waals surface area contributed by atoms with Gasteiger partial charge in [-0.25, -0.2) is 0 Å². The number of hydrogen-bond donors (Lipinski definition) is 1. The van der Waals surface area contributed by atoms with Crippen LogP contribution in [0, 0.1) is 13.8 Å². The van der Waals surface area contributed by atoms with Gasteiger partial charge in [-0.2, -0.15) is 5.10 Å². The van der Waals surface area contributed by atoms with Crippen molar-refractivity contribution in [2.45, 2.75) is 26.2 Å². The Balaban J connectivity index is 0.00000261. The standard InChI is InChI=1S/C20H29N5O.HI/c1-15-9-16(2)11-19(10-15)26-8-6-22-20(21-3)25-7-5-17(14-25)18-12-23-24(4)13-18;/h9-13,17H,5-8,14H2,1-4H3,(H,21,22);1H. The van der Waals surface area contributed by atoms with Crippen LogP contribution in [0.2, 0.25) is 0 Å². The van der Waals surface area contributed by atoms with Crippen molar-refractivity contribution in [2.24, 2.45) is 12.0 Å². The van der Waals surface area contributed by atoms with Crippen molar-refractivity contribution in [3.8, 4) is 5.75 Å². The molecule has 148 valence electrons. The fraction of sp³-hybridized carbons (Fsp3) is 0.500. The van der Waals surface area contributed by atoms with Gasteiger partial charge in [-0.15, -0.1) is 24.0 Å². The number of nitrogens with one attached hydrogen (secondary N) is 1. The summed E-state index contributed by atoms with van der Waals surface area (Å²) in [7, 11) is 3.80. The van der Waals surface area contributed by atoms with Gasteiger partial charge in [0.15, 0.2) is 5.96 Å². The number of aliphatic imine (C=N–C) groups is 1. The number of hydrogen-bond acceptors (Lipinski definition) is 3. The second kappa shape index (κ2) is 9.96. The predicted molar refractivity (Wildman–Crippen MR) is 120 cm³/mol. The highest BCUT2D eigenvalue weighted by atomic mass is 127. The highest BCUT2D eigenvalue weighted by Crippen LogP contribution is 2.26. The lowest BCUT2D eigenvalue weighted by Crippen LogP contribution is -2.41. The van der Waals surface area contributed by atoms with E-state index in [0.29, 0.717) is 12.5 Å². The molecule has 1 aliphatic rings. The molecular formula is C20H30IN5O. The van der Waals surface area contributed by atoms with Gasteiger partial charge in [-0.05, 0) is 49.1 Å². The summed E-state index contributed by atoms with van der Waals surface area (Å²) in [6, 6.07) is 6.29. The number of halogens is 1. The number of benzene rings is 1. The van der Waals surface area contributed by atoms with E-state index in [4.69, 9.17) is 4.74 Å². The molecule has 27 heavy (non-hydrogen) atoms. The lowest BCUT2D eigenvalue weighted by Gasteiger charge is -2.21. The number of likely N-dealkylation sites (tertiary alicyclic amines) is 1. The van der Waals surface area contributed by atoms with Crippen LogP contribution >= 0.6 is 24.0 Å². The molecule has 0 radical (unpaired) electrons. The quantitative estimate of drug-likeness (QED) is 0.308. The zero-order valence-corrected chi connectivity index (χ0v) is 18.9. The van der Waals surface area contributed by atoms with Crippen molar-refractivity contribution in [3.05, 3.63) is 47.3 Å². The van der Waals surface area contributed by atoms with E-state index in [0.717, 1.165) is 37.8 Å². The van der Waals surface area contributed by atoms with Gasteiger partial charge in [0.2, 0.25) is 0 Å². The third-order valence-electron chi connectivity index (χ3n) is 4.74. The summed E-state index contributed by atoms with van der Waals surface area (Å²) < 4.78 is 7.74. The highest BCUT2D eigenvalue weighted by Gasteiger charge is 2.26. The van der Waals surface area contributed by atoms with Gasteiger partial charge in [0, 0.05) is 39.3 Å². The molecule has 1 atom stereocenters. The van der Waals surface area contributed by atoms with Gasteiger partial charge in [-0.3, -0.25) is 9.67 Å². The molecule has 0 amide bonds. The van der Waals surface area contributed by atoms with Gasteiger partial charge < -0.3 is 15.0 Å².